The SMILES string of the molecule is C[C@@](O)(C(=O)Nc1ccc(SC#N)c(Cl)c1F)C(F)(F)F. The summed E-state index contributed by atoms with van der Waals surface area (Å²) in [4.78, 5) is 11.4. The largest absolute Gasteiger partial charge is 0.426 e. The van der Waals surface area contributed by atoms with E-state index in [1.54, 1.807) is 10.7 Å². The van der Waals surface area contributed by atoms with Gasteiger partial charge in [0.1, 0.15) is 5.40 Å². The number of amides is 1. The number of carbonyl (C=O) groups is 1. The Balaban J connectivity index is 3.08. The lowest BCUT2D eigenvalue weighted by molar-refractivity contribution is -0.242. The van der Waals surface area contributed by atoms with Crippen LogP contribution < -0.4 is 5.32 Å². The van der Waals surface area contributed by atoms with E-state index in [9.17, 15) is 22.4 Å². The quantitative estimate of drug-likeness (QED) is 0.502. The van der Waals surface area contributed by atoms with Gasteiger partial charge in [-0.25, -0.2) is 4.39 Å². The first-order valence-electron chi connectivity index (χ1n) is 5.17. The molecule has 1 rings (SSSR count). The highest BCUT2D eigenvalue weighted by molar-refractivity contribution is 8.03. The number of aliphatic hydroxyl groups is 1. The zero-order valence-corrected chi connectivity index (χ0v) is 11.8. The fourth-order valence-electron chi connectivity index (χ4n) is 1.13. The predicted molar refractivity (Wildman–Crippen MR) is 68.2 cm³/mol. The van der Waals surface area contributed by atoms with Gasteiger partial charge < -0.3 is 10.4 Å². The number of nitrogens with zero attached hydrogens (tertiary/aromatic N) is 1. The molecule has 0 fully saturated rings. The van der Waals surface area contributed by atoms with Crippen molar-refractivity contribution in [3.05, 3.63) is 23.0 Å². The summed E-state index contributed by atoms with van der Waals surface area (Å²) in [6.07, 6.45) is -5.23. The van der Waals surface area contributed by atoms with E-state index in [1.807, 2.05) is 0 Å². The van der Waals surface area contributed by atoms with E-state index >= 15 is 0 Å². The topological polar surface area (TPSA) is 73.1 Å². The summed E-state index contributed by atoms with van der Waals surface area (Å²) in [5.41, 5.74) is -4.33. The summed E-state index contributed by atoms with van der Waals surface area (Å²) < 4.78 is 51.2. The molecule has 0 aliphatic heterocycles. The van der Waals surface area contributed by atoms with E-state index in [4.69, 9.17) is 22.0 Å². The summed E-state index contributed by atoms with van der Waals surface area (Å²) in [6.45, 7) is 0.238. The molecule has 1 atom stereocenters. The van der Waals surface area contributed by atoms with Gasteiger partial charge in [-0.3, -0.25) is 4.79 Å². The highest BCUT2D eigenvalue weighted by atomic mass is 35.5. The van der Waals surface area contributed by atoms with Crippen molar-refractivity contribution in [3.63, 3.8) is 0 Å². The lowest BCUT2D eigenvalue weighted by atomic mass is 10.1. The molecule has 0 radical (unpaired) electrons. The molecule has 1 amide bonds. The normalized spacial score (nSPS) is 14.2. The summed E-state index contributed by atoms with van der Waals surface area (Å²) >= 11 is 6.13. The molecule has 0 heterocycles. The third-order valence-corrected chi connectivity index (χ3v) is 3.58. The maximum Gasteiger partial charge on any atom is 0.426 e. The van der Waals surface area contributed by atoms with Crippen molar-refractivity contribution in [2.45, 2.75) is 23.6 Å². The second kappa shape index (κ2) is 6.09. The molecule has 21 heavy (non-hydrogen) atoms. The van der Waals surface area contributed by atoms with Gasteiger partial charge in [-0.2, -0.15) is 18.4 Å². The molecule has 1 aromatic carbocycles. The molecule has 1 aromatic rings. The minimum Gasteiger partial charge on any atom is -0.373 e. The Hall–Kier alpha value is -1.50. The lowest BCUT2D eigenvalue weighted by Gasteiger charge is -2.25. The van der Waals surface area contributed by atoms with Gasteiger partial charge in [0.25, 0.3) is 5.91 Å². The number of nitrogens with one attached hydrogen (secondary N) is 1. The molecule has 0 aliphatic carbocycles. The first-order valence-corrected chi connectivity index (χ1v) is 6.36. The Morgan fingerprint density at radius 2 is 2.05 bits per heavy atom. The van der Waals surface area contributed by atoms with Crippen LogP contribution in [0.2, 0.25) is 5.02 Å². The van der Waals surface area contributed by atoms with Crippen molar-refractivity contribution in [3.8, 4) is 5.40 Å². The average Bonchev–Trinajstić information content (AvgIpc) is 2.37. The Morgan fingerprint density at radius 3 is 2.52 bits per heavy atom. The van der Waals surface area contributed by atoms with Crippen molar-refractivity contribution in [2.75, 3.05) is 5.32 Å². The number of alkyl halides is 3. The Bertz CT molecular complexity index is 613. The van der Waals surface area contributed by atoms with Crippen LogP contribution in [0.1, 0.15) is 6.92 Å². The van der Waals surface area contributed by atoms with E-state index in [-0.39, 0.29) is 11.8 Å². The smallest absolute Gasteiger partial charge is 0.373 e. The van der Waals surface area contributed by atoms with Gasteiger partial charge in [0.05, 0.1) is 10.7 Å². The number of rotatable bonds is 3. The molecule has 0 unspecified atom stereocenters. The molecule has 0 spiro atoms. The van der Waals surface area contributed by atoms with Crippen LogP contribution in [0.5, 0.6) is 0 Å². The van der Waals surface area contributed by atoms with Crippen LogP contribution in [0.15, 0.2) is 17.0 Å². The van der Waals surface area contributed by atoms with E-state index in [1.165, 1.54) is 0 Å². The zero-order valence-electron chi connectivity index (χ0n) is 10.3. The molecule has 0 saturated carbocycles. The standard InChI is InChI=1S/C11H7ClF4N2O2S/c1-10(20,11(14,15)16)9(19)18-5-2-3-6(21-4-17)7(12)8(5)13/h2-3,20H,1H3,(H,18,19)/t10-/m1/s1. The molecule has 0 aromatic heterocycles. The second-order valence-corrected chi connectivity index (χ2v) is 5.16. The van der Waals surface area contributed by atoms with E-state index in [0.29, 0.717) is 11.8 Å². The molecule has 114 valence electrons. The lowest BCUT2D eigenvalue weighted by Crippen LogP contribution is -2.52. The van der Waals surface area contributed by atoms with Gasteiger partial charge in [-0.1, -0.05) is 11.6 Å². The molecule has 0 aliphatic rings. The number of nitriles is 1. The minimum absolute atomic E-state index is 0.0391. The van der Waals surface area contributed by atoms with Crippen LogP contribution in [-0.2, 0) is 4.79 Å². The fraction of sp³-hybridized carbons (Fsp3) is 0.273. The van der Waals surface area contributed by atoms with Crippen LogP contribution in [0.4, 0.5) is 23.2 Å². The first-order chi connectivity index (χ1) is 9.52. The van der Waals surface area contributed by atoms with Crippen LogP contribution in [-0.4, -0.2) is 22.8 Å². The monoisotopic (exact) mass is 342 g/mol. The second-order valence-electron chi connectivity index (χ2n) is 3.96. The van der Waals surface area contributed by atoms with Gasteiger partial charge in [-0.15, -0.1) is 0 Å². The number of hydrogen-bond acceptors (Lipinski definition) is 4. The number of hydrogen-bond donors (Lipinski definition) is 2. The van der Waals surface area contributed by atoms with Crippen molar-refractivity contribution in [2.24, 2.45) is 0 Å². The van der Waals surface area contributed by atoms with Crippen LogP contribution in [0.3, 0.4) is 0 Å². The van der Waals surface area contributed by atoms with Crippen molar-refractivity contribution in [1.29, 1.82) is 5.26 Å². The van der Waals surface area contributed by atoms with Gasteiger partial charge >= 0.3 is 6.18 Å². The van der Waals surface area contributed by atoms with Crippen molar-refractivity contribution in [1.82, 2.24) is 0 Å². The molecule has 0 bridgehead atoms. The zero-order chi connectivity index (χ0) is 16.4. The van der Waals surface area contributed by atoms with E-state index in [2.05, 4.69) is 0 Å². The number of carbonyl (C=O) groups excluding carboxylic acids is 1. The molecule has 2 N–H and O–H groups in total. The summed E-state index contributed by atoms with van der Waals surface area (Å²) in [5, 5.41) is 20.3. The van der Waals surface area contributed by atoms with Crippen LogP contribution >= 0.6 is 23.4 Å². The average molecular weight is 343 g/mol. The number of anilines is 1. The molecular formula is C11H7ClF4N2O2S. The maximum atomic E-state index is 13.8. The van der Waals surface area contributed by atoms with Gasteiger partial charge in [0.15, 0.2) is 5.82 Å². The third-order valence-electron chi connectivity index (χ3n) is 2.44. The third kappa shape index (κ3) is 3.58. The highest BCUT2D eigenvalue weighted by Crippen LogP contribution is 2.35. The maximum absolute atomic E-state index is 13.8. The number of benzene rings is 1. The Kier molecular flexibility index (Phi) is 5.09. The molecule has 10 heteroatoms. The van der Waals surface area contributed by atoms with E-state index in [0.717, 1.165) is 12.1 Å². The summed E-state index contributed by atoms with van der Waals surface area (Å²) in [6, 6.07) is 2.09. The summed E-state index contributed by atoms with van der Waals surface area (Å²) in [7, 11) is 0. The van der Waals surface area contributed by atoms with Crippen molar-refractivity contribution >= 4 is 35.0 Å². The number of thioether (sulfide) groups is 1. The van der Waals surface area contributed by atoms with Gasteiger partial charge in [-0.05, 0) is 30.8 Å². The van der Waals surface area contributed by atoms with Crippen LogP contribution in [0, 0.1) is 16.5 Å². The molecular weight excluding hydrogens is 336 g/mol. The van der Waals surface area contributed by atoms with Gasteiger partial charge in [0.2, 0.25) is 5.60 Å². The van der Waals surface area contributed by atoms with E-state index < -0.39 is 34.2 Å². The number of halogens is 5. The fourth-order valence-corrected chi connectivity index (χ4v) is 1.82. The number of thiocyanates is 1. The minimum atomic E-state index is -5.23. The predicted octanol–water partition coefficient (Wildman–Crippen LogP) is 3.30. The van der Waals surface area contributed by atoms with Gasteiger partial charge in [0, 0.05) is 4.90 Å². The Labute approximate surface area is 125 Å². The molecule has 4 nitrogen and oxygen atoms in total. The first kappa shape index (κ1) is 17.6. The summed E-state index contributed by atoms with van der Waals surface area (Å²) in [5.74, 6) is -3.06. The van der Waals surface area contributed by atoms with Crippen LogP contribution in [0.25, 0.3) is 0 Å². The highest BCUT2D eigenvalue weighted by Gasteiger charge is 2.55. The Morgan fingerprint density at radius 1 is 1.48 bits per heavy atom. The molecule has 0 saturated heterocycles. The van der Waals surface area contributed by atoms with Crippen molar-refractivity contribution < 1.29 is 27.5 Å².